The van der Waals surface area contributed by atoms with Gasteiger partial charge >= 0.3 is 0 Å². The first-order valence-corrected chi connectivity index (χ1v) is 13.2. The van der Waals surface area contributed by atoms with Gasteiger partial charge in [0.1, 0.15) is 0 Å². The van der Waals surface area contributed by atoms with Gasteiger partial charge in [-0.2, -0.15) is 0 Å². The Kier molecular flexibility index (Phi) is 6.11. The molecule has 0 fully saturated rings. The smallest absolute Gasteiger partial charge is 0.164 e. The molecule has 0 saturated carbocycles. The maximum Gasteiger partial charge on any atom is 0.164 e. The van der Waals surface area contributed by atoms with Crippen LogP contribution in [0.1, 0.15) is 0 Å². The summed E-state index contributed by atoms with van der Waals surface area (Å²) in [6, 6.07) is 49.4. The molecule has 0 radical (unpaired) electrons. The number of rotatable bonds is 5. The minimum atomic E-state index is 0.641. The maximum absolute atomic E-state index is 4.90. The fourth-order valence-electron chi connectivity index (χ4n) is 4.86. The zero-order chi connectivity index (χ0) is 26.7. The topological polar surface area (TPSA) is 51.6 Å². The van der Waals surface area contributed by atoms with Gasteiger partial charge in [-0.15, -0.1) is 0 Å². The van der Waals surface area contributed by atoms with Crippen LogP contribution in [0.3, 0.4) is 0 Å². The Bertz CT molecular complexity index is 1890. The van der Waals surface area contributed by atoms with Crippen LogP contribution in [0.4, 0.5) is 0 Å². The fraction of sp³-hybridized carbons (Fsp3) is 0. The van der Waals surface area contributed by atoms with Crippen molar-refractivity contribution in [2.45, 2.75) is 0 Å². The van der Waals surface area contributed by atoms with E-state index < -0.39 is 0 Å². The molecule has 4 heteroatoms. The van der Waals surface area contributed by atoms with E-state index >= 15 is 0 Å². The molecule has 2 aromatic heterocycles. The van der Waals surface area contributed by atoms with E-state index in [9.17, 15) is 0 Å². The van der Waals surface area contributed by atoms with E-state index in [0.29, 0.717) is 17.5 Å². The van der Waals surface area contributed by atoms with Crippen molar-refractivity contribution in [2.75, 3.05) is 0 Å². The average molecular weight is 513 g/mol. The van der Waals surface area contributed by atoms with Gasteiger partial charge < -0.3 is 0 Å². The van der Waals surface area contributed by atoms with Crippen molar-refractivity contribution in [3.8, 4) is 56.5 Å². The first-order chi connectivity index (χ1) is 19.8. The van der Waals surface area contributed by atoms with Gasteiger partial charge in [0.2, 0.25) is 0 Å². The predicted molar refractivity (Wildman–Crippen MR) is 162 cm³/mol. The van der Waals surface area contributed by atoms with Crippen molar-refractivity contribution in [1.29, 1.82) is 0 Å². The summed E-state index contributed by atoms with van der Waals surface area (Å²) in [7, 11) is 0. The highest BCUT2D eigenvalue weighted by Gasteiger charge is 2.13. The lowest BCUT2D eigenvalue weighted by molar-refractivity contribution is 1.07. The van der Waals surface area contributed by atoms with Gasteiger partial charge in [-0.3, -0.25) is 0 Å². The molecule has 0 aliphatic carbocycles. The van der Waals surface area contributed by atoms with E-state index in [0.717, 1.165) is 50.0 Å². The van der Waals surface area contributed by atoms with Crippen molar-refractivity contribution in [1.82, 2.24) is 19.9 Å². The molecule has 0 saturated heterocycles. The fourth-order valence-corrected chi connectivity index (χ4v) is 4.86. The average Bonchev–Trinajstić information content (AvgIpc) is 3.05. The van der Waals surface area contributed by atoms with Crippen LogP contribution in [0.5, 0.6) is 0 Å². The van der Waals surface area contributed by atoms with Crippen LogP contribution in [0.15, 0.2) is 146 Å². The minimum absolute atomic E-state index is 0.641. The largest absolute Gasteiger partial charge is 0.248 e. The Hall–Kier alpha value is -5.48. The van der Waals surface area contributed by atoms with Crippen LogP contribution < -0.4 is 0 Å². The molecule has 2 heterocycles. The Morgan fingerprint density at radius 3 is 1.43 bits per heavy atom. The molecule has 0 bridgehead atoms. The zero-order valence-electron chi connectivity index (χ0n) is 21.6. The quantitative estimate of drug-likeness (QED) is 0.231. The second kappa shape index (κ2) is 10.4. The third-order valence-electron chi connectivity index (χ3n) is 6.91. The second-order valence-corrected chi connectivity index (χ2v) is 9.59. The maximum atomic E-state index is 4.90. The molecule has 4 nitrogen and oxygen atoms in total. The van der Waals surface area contributed by atoms with Gasteiger partial charge in [-0.05, 0) is 35.4 Å². The van der Waals surface area contributed by atoms with E-state index in [1.54, 1.807) is 0 Å². The highest BCUT2D eigenvalue weighted by Crippen LogP contribution is 2.30. The van der Waals surface area contributed by atoms with E-state index in [-0.39, 0.29) is 0 Å². The lowest BCUT2D eigenvalue weighted by Gasteiger charge is -2.10. The minimum Gasteiger partial charge on any atom is -0.248 e. The van der Waals surface area contributed by atoms with Gasteiger partial charge in [-0.1, -0.05) is 121 Å². The summed E-state index contributed by atoms with van der Waals surface area (Å²) in [5.74, 6) is 1.94. The molecule has 188 valence electrons. The van der Waals surface area contributed by atoms with Crippen LogP contribution in [0, 0.1) is 0 Å². The monoisotopic (exact) mass is 512 g/mol. The first-order valence-electron chi connectivity index (χ1n) is 13.2. The van der Waals surface area contributed by atoms with Crippen LogP contribution in [-0.4, -0.2) is 19.9 Å². The van der Waals surface area contributed by atoms with E-state index in [1.165, 1.54) is 0 Å². The standard InChI is InChI=1S/C36H24N4/c1-3-12-26(13-4-1)34-38-35(27-14-5-2-6-15-27)40-36(39-34)31-19-10-17-29(24-31)28-16-9-18-30(23-28)33-22-21-25-11-7-8-20-32(25)37-33/h1-24H. The van der Waals surface area contributed by atoms with Gasteiger partial charge in [0, 0.05) is 27.6 Å². The summed E-state index contributed by atoms with van der Waals surface area (Å²) in [5, 5.41) is 1.14. The Morgan fingerprint density at radius 1 is 0.300 bits per heavy atom. The lowest BCUT2D eigenvalue weighted by atomic mass is 9.99. The normalized spacial score (nSPS) is 11.0. The number of para-hydroxylation sites is 1. The molecule has 40 heavy (non-hydrogen) atoms. The second-order valence-electron chi connectivity index (χ2n) is 9.59. The number of aromatic nitrogens is 4. The molecule has 7 aromatic rings. The molecule has 5 aromatic carbocycles. The Morgan fingerprint density at radius 2 is 0.775 bits per heavy atom. The van der Waals surface area contributed by atoms with Gasteiger partial charge in [0.15, 0.2) is 17.5 Å². The van der Waals surface area contributed by atoms with E-state index in [4.69, 9.17) is 19.9 Å². The summed E-state index contributed by atoms with van der Waals surface area (Å²) >= 11 is 0. The molecule has 7 rings (SSSR count). The van der Waals surface area contributed by atoms with Crippen LogP contribution in [0.25, 0.3) is 67.5 Å². The van der Waals surface area contributed by atoms with Gasteiger partial charge in [-0.25, -0.2) is 19.9 Å². The molecule has 0 atom stereocenters. The molecule has 0 aliphatic heterocycles. The zero-order valence-corrected chi connectivity index (χ0v) is 21.6. The highest BCUT2D eigenvalue weighted by atomic mass is 15.0. The molecule has 0 amide bonds. The number of nitrogens with zero attached hydrogens (tertiary/aromatic N) is 4. The lowest BCUT2D eigenvalue weighted by Crippen LogP contribution is -2.00. The van der Waals surface area contributed by atoms with Crippen molar-refractivity contribution in [2.24, 2.45) is 0 Å². The number of hydrogen-bond acceptors (Lipinski definition) is 4. The number of hydrogen-bond donors (Lipinski definition) is 0. The van der Waals surface area contributed by atoms with Crippen molar-refractivity contribution in [3.63, 3.8) is 0 Å². The van der Waals surface area contributed by atoms with Crippen LogP contribution >= 0.6 is 0 Å². The SMILES string of the molecule is c1ccc(-c2nc(-c3ccccc3)nc(-c3cccc(-c4cccc(-c5ccc6ccccc6n5)c4)c3)n2)cc1. The molecule has 0 unspecified atom stereocenters. The Balaban J connectivity index is 1.30. The van der Waals surface area contributed by atoms with Gasteiger partial charge in [0.05, 0.1) is 11.2 Å². The molecular weight excluding hydrogens is 488 g/mol. The molecular formula is C36H24N4. The summed E-state index contributed by atoms with van der Waals surface area (Å²) in [4.78, 5) is 19.5. The number of pyridine rings is 1. The van der Waals surface area contributed by atoms with Crippen LogP contribution in [-0.2, 0) is 0 Å². The van der Waals surface area contributed by atoms with Crippen molar-refractivity contribution < 1.29 is 0 Å². The summed E-state index contributed by atoms with van der Waals surface area (Å²) in [5.41, 5.74) is 8.05. The van der Waals surface area contributed by atoms with E-state index in [1.807, 2.05) is 78.9 Å². The number of benzene rings is 5. The molecule has 0 spiro atoms. The predicted octanol–water partition coefficient (Wildman–Crippen LogP) is 8.75. The number of fused-ring (bicyclic) bond motifs is 1. The van der Waals surface area contributed by atoms with E-state index in [2.05, 4.69) is 66.7 Å². The molecule has 0 aliphatic rings. The molecule has 0 N–H and O–H groups in total. The third kappa shape index (κ3) is 4.74. The van der Waals surface area contributed by atoms with Crippen molar-refractivity contribution >= 4 is 10.9 Å². The Labute approximate surface area is 232 Å². The first kappa shape index (κ1) is 23.6. The summed E-state index contributed by atoms with van der Waals surface area (Å²) < 4.78 is 0. The van der Waals surface area contributed by atoms with Crippen LogP contribution in [0.2, 0.25) is 0 Å². The van der Waals surface area contributed by atoms with Gasteiger partial charge in [0.25, 0.3) is 0 Å². The summed E-state index contributed by atoms with van der Waals surface area (Å²) in [6.07, 6.45) is 0. The third-order valence-corrected chi connectivity index (χ3v) is 6.91. The summed E-state index contributed by atoms with van der Waals surface area (Å²) in [6.45, 7) is 0. The van der Waals surface area contributed by atoms with Crippen molar-refractivity contribution in [3.05, 3.63) is 146 Å². The highest BCUT2D eigenvalue weighted by molar-refractivity contribution is 5.82.